The average molecular weight is 874 g/mol. The Morgan fingerprint density at radius 2 is 1.40 bits per heavy atom. The largest absolute Gasteiger partial charge is 0.381 e. The number of Topliss-reactive ketones (excluding diaryl/α,β-unsaturated/α-hetero) is 2. The number of pyridine rings is 4. The van der Waals surface area contributed by atoms with Crippen LogP contribution in [0.3, 0.4) is 0 Å². The molecule has 0 spiro atoms. The van der Waals surface area contributed by atoms with E-state index in [1.54, 1.807) is 29.9 Å². The van der Waals surface area contributed by atoms with Crippen LogP contribution in [0.25, 0.3) is 11.3 Å². The molecule has 6 heterocycles. The van der Waals surface area contributed by atoms with E-state index in [9.17, 15) is 31.5 Å². The zero-order valence-corrected chi connectivity index (χ0v) is 32.0. The molecule has 0 bridgehead atoms. The fourth-order valence-corrected chi connectivity index (χ4v) is 5.11. The highest BCUT2D eigenvalue weighted by Gasteiger charge is 2.16. The van der Waals surface area contributed by atoms with Gasteiger partial charge in [0.15, 0.2) is 40.3 Å². The lowest BCUT2D eigenvalue weighted by molar-refractivity contribution is -0.116. The maximum atomic E-state index is 14.1. The van der Waals surface area contributed by atoms with Crippen molar-refractivity contribution in [2.24, 2.45) is 0 Å². The molecule has 0 aromatic carbocycles. The number of hydrogen-bond donors (Lipinski definition) is 1. The Hall–Kier alpha value is -4.28. The zero-order chi connectivity index (χ0) is 38.5. The van der Waals surface area contributed by atoms with Gasteiger partial charge in [-0.1, -0.05) is 26.8 Å². The molecule has 0 fully saturated rings. The summed E-state index contributed by atoms with van der Waals surface area (Å²) in [7, 11) is 0. The van der Waals surface area contributed by atoms with Crippen molar-refractivity contribution < 1.29 is 31.5 Å². The van der Waals surface area contributed by atoms with Gasteiger partial charge in [0.2, 0.25) is 0 Å². The molecule has 276 valence electrons. The highest BCUT2D eigenvalue weighted by atomic mass is 79.9. The summed E-state index contributed by atoms with van der Waals surface area (Å²) < 4.78 is 69.6. The molecule has 52 heavy (non-hydrogen) atoms. The van der Waals surface area contributed by atoms with Crippen molar-refractivity contribution in [3.63, 3.8) is 0 Å². The molecule has 6 rings (SSSR count). The van der Waals surface area contributed by atoms with Crippen LogP contribution in [-0.2, 0) is 24.1 Å². The number of imidazole rings is 2. The van der Waals surface area contributed by atoms with E-state index in [0.717, 1.165) is 28.3 Å². The first kappa shape index (κ1) is 42.1. The number of anilines is 1. The Morgan fingerprint density at radius 1 is 0.827 bits per heavy atom. The summed E-state index contributed by atoms with van der Waals surface area (Å²) in [6.07, 6.45) is 7.55. The van der Waals surface area contributed by atoms with Gasteiger partial charge in [-0.15, -0.1) is 11.6 Å². The smallest absolute Gasteiger partial charge is 0.280 e. The number of alkyl halides is 3. The predicted octanol–water partition coefficient (Wildman–Crippen LogP) is 9.36. The van der Waals surface area contributed by atoms with Crippen LogP contribution in [0.5, 0.6) is 0 Å². The number of nitrogens with two attached hydrogens (primary N) is 1. The summed E-state index contributed by atoms with van der Waals surface area (Å²) in [6.45, 7) is 5.70. The van der Waals surface area contributed by atoms with E-state index in [2.05, 4.69) is 51.8 Å². The normalized spacial score (nSPS) is 10.6. The van der Waals surface area contributed by atoms with Gasteiger partial charge in [-0.25, -0.2) is 41.9 Å². The van der Waals surface area contributed by atoms with Gasteiger partial charge in [0, 0.05) is 52.8 Å². The highest BCUT2D eigenvalue weighted by molar-refractivity contribution is 9.10. The third kappa shape index (κ3) is 12.2. The van der Waals surface area contributed by atoms with Crippen molar-refractivity contribution >= 4 is 72.1 Å². The van der Waals surface area contributed by atoms with Crippen LogP contribution < -0.4 is 5.73 Å². The average Bonchev–Trinajstić information content (AvgIpc) is 3.75. The molecule has 0 radical (unpaired) electrons. The summed E-state index contributed by atoms with van der Waals surface area (Å²) in [6, 6.07) is 7.80. The van der Waals surface area contributed by atoms with Crippen LogP contribution in [0.4, 0.5) is 27.8 Å². The number of carbonyl (C=O) groups excluding carboxylic acids is 2. The number of hydrogen-bond acceptors (Lipinski definition) is 7. The summed E-state index contributed by atoms with van der Waals surface area (Å²) in [5, 5.41) is 0. The van der Waals surface area contributed by atoms with E-state index < -0.39 is 29.5 Å². The molecule has 0 aliphatic rings. The Kier molecular flexibility index (Phi) is 16.3. The lowest BCUT2D eigenvalue weighted by atomic mass is 10.1. The molecule has 0 saturated carbocycles. The standard InChI is InChI=1S/C17H14F3N3O.C9H8BrFN2.C5H4BrFN2.C4H7ClO/c1-2-11-9-23-8-10(6-12(18)17(23)21-11)7-15(24)13-4-3-5-14(22-13)16(19)20;1-2-7-5-13-4-6(10)3-8(11)9(13)12-7;6-3-1-4(7)5(8)9-2-3;1-2-4(6)3-5/h3-6,8-9,16H,2,7H2,1H3;3-5H,2H2,1H3;1-2H,(H2,8,9);2-3H2,1H3. The maximum Gasteiger partial charge on any atom is 0.280 e. The van der Waals surface area contributed by atoms with Crippen LogP contribution in [0.15, 0.2) is 76.3 Å². The molecule has 0 unspecified atom stereocenters. The van der Waals surface area contributed by atoms with Crippen LogP contribution in [0.2, 0.25) is 0 Å². The van der Waals surface area contributed by atoms with Gasteiger partial charge >= 0.3 is 0 Å². The molecule has 0 saturated heterocycles. The molecule has 9 nitrogen and oxygen atoms in total. The fourth-order valence-electron chi connectivity index (χ4n) is 4.20. The number of aromatic nitrogens is 6. The van der Waals surface area contributed by atoms with Crippen molar-refractivity contribution in [2.75, 3.05) is 11.6 Å². The topological polar surface area (TPSA) is 121 Å². The number of carbonyl (C=O) groups is 2. The summed E-state index contributed by atoms with van der Waals surface area (Å²) in [5.41, 5.74) is 7.21. The molecular formula is C35H33Br2ClF5N7O2. The van der Waals surface area contributed by atoms with Crippen molar-refractivity contribution in [1.29, 1.82) is 0 Å². The lowest BCUT2D eigenvalue weighted by Gasteiger charge is -2.05. The minimum atomic E-state index is -2.75. The van der Waals surface area contributed by atoms with E-state index in [0.29, 0.717) is 28.5 Å². The van der Waals surface area contributed by atoms with E-state index in [1.807, 2.05) is 20.0 Å². The van der Waals surface area contributed by atoms with Crippen LogP contribution in [0, 0.1) is 17.5 Å². The van der Waals surface area contributed by atoms with Crippen molar-refractivity contribution in [3.8, 4) is 0 Å². The second-order valence-electron chi connectivity index (χ2n) is 10.7. The van der Waals surface area contributed by atoms with Gasteiger partial charge in [0.05, 0.1) is 17.3 Å². The number of halogens is 8. The number of fused-ring (bicyclic) bond motifs is 2. The van der Waals surface area contributed by atoms with Crippen molar-refractivity contribution in [1.82, 2.24) is 28.7 Å². The molecular weight excluding hydrogens is 841 g/mol. The molecule has 6 aromatic rings. The molecule has 17 heteroatoms. The van der Waals surface area contributed by atoms with Crippen LogP contribution in [-0.4, -0.2) is 46.2 Å². The minimum Gasteiger partial charge on any atom is -0.381 e. The Bertz CT molecular complexity index is 2140. The molecule has 6 aromatic heterocycles. The SMILES string of the molecule is CCC(=O)CCl.CCc1cn2cc(Br)cc(F)c2n1.CCc1cn2cc(CC(=O)c3cccc(C(F)F)n3)cc(F)c2n1.Nc1ncc(Br)cc1F. The first-order valence-electron chi connectivity index (χ1n) is 15.6. The first-order valence-corrected chi connectivity index (χ1v) is 17.7. The van der Waals surface area contributed by atoms with Crippen LogP contribution >= 0.6 is 43.5 Å². The predicted molar refractivity (Wildman–Crippen MR) is 196 cm³/mol. The monoisotopic (exact) mass is 871 g/mol. The minimum absolute atomic E-state index is 0.0619. The van der Waals surface area contributed by atoms with Crippen LogP contribution in [0.1, 0.15) is 66.8 Å². The number of nitrogen functional groups attached to an aromatic ring is 1. The van der Waals surface area contributed by atoms with Gasteiger partial charge in [-0.3, -0.25) is 9.59 Å². The van der Waals surface area contributed by atoms with E-state index in [-0.39, 0.29) is 41.1 Å². The molecule has 2 N–H and O–H groups in total. The maximum absolute atomic E-state index is 14.1. The quantitative estimate of drug-likeness (QED) is 0.0920. The molecule has 0 aliphatic carbocycles. The number of nitrogens with zero attached hydrogens (tertiary/aromatic N) is 6. The van der Waals surface area contributed by atoms with Crippen molar-refractivity contribution in [3.05, 3.63) is 122 Å². The second kappa shape index (κ2) is 20.1. The molecule has 0 atom stereocenters. The second-order valence-corrected chi connectivity index (χ2v) is 12.8. The van der Waals surface area contributed by atoms with E-state index in [1.165, 1.54) is 40.9 Å². The zero-order valence-electron chi connectivity index (χ0n) is 28.1. The number of rotatable bonds is 8. The third-order valence-corrected chi connectivity index (χ3v) is 8.05. The highest BCUT2D eigenvalue weighted by Crippen LogP contribution is 2.19. The summed E-state index contributed by atoms with van der Waals surface area (Å²) in [5.74, 6) is -1.58. The van der Waals surface area contributed by atoms with Crippen molar-refractivity contribution in [2.45, 2.75) is 52.9 Å². The van der Waals surface area contributed by atoms with Gasteiger partial charge in [-0.2, -0.15) is 0 Å². The third-order valence-electron chi connectivity index (χ3n) is 6.88. The van der Waals surface area contributed by atoms with Gasteiger partial charge in [0.25, 0.3) is 6.43 Å². The lowest BCUT2D eigenvalue weighted by Crippen LogP contribution is -2.08. The Labute approximate surface area is 317 Å². The fraction of sp³-hybridized carbons (Fsp3) is 0.257. The summed E-state index contributed by atoms with van der Waals surface area (Å²) in [4.78, 5) is 37.8. The van der Waals surface area contributed by atoms with E-state index in [4.69, 9.17) is 17.3 Å². The number of aryl methyl sites for hydroxylation is 2. The summed E-state index contributed by atoms with van der Waals surface area (Å²) >= 11 is 11.4. The Morgan fingerprint density at radius 3 is 1.90 bits per heavy atom. The van der Waals surface area contributed by atoms with Gasteiger partial charge < -0.3 is 14.5 Å². The Balaban J connectivity index is 0.000000217. The number of ketones is 2. The van der Waals surface area contributed by atoms with Gasteiger partial charge in [-0.05, 0) is 80.6 Å². The molecule has 0 amide bonds. The van der Waals surface area contributed by atoms with Gasteiger partial charge in [0.1, 0.15) is 17.2 Å². The molecule has 0 aliphatic heterocycles. The van der Waals surface area contributed by atoms with E-state index >= 15 is 0 Å². The first-order chi connectivity index (χ1) is 24.7.